The fourth-order valence-corrected chi connectivity index (χ4v) is 1.70. The van der Waals surface area contributed by atoms with Crippen molar-refractivity contribution in [3.05, 3.63) is 57.2 Å². The highest BCUT2D eigenvalue weighted by atomic mass is 35.5. The van der Waals surface area contributed by atoms with E-state index in [1.165, 1.54) is 36.5 Å². The molecule has 1 aromatic carbocycles. The van der Waals surface area contributed by atoms with Crippen molar-refractivity contribution in [2.45, 2.75) is 0 Å². The molecule has 8 nitrogen and oxygen atoms in total. The van der Waals surface area contributed by atoms with Crippen molar-refractivity contribution in [2.75, 3.05) is 0 Å². The van der Waals surface area contributed by atoms with Crippen LogP contribution in [0.3, 0.4) is 0 Å². The number of rotatable bonds is 4. The van der Waals surface area contributed by atoms with Crippen molar-refractivity contribution in [1.82, 2.24) is 4.98 Å². The normalized spacial score (nSPS) is 11.2. The average Bonchev–Trinajstić information content (AvgIpc) is 2.49. The molecule has 3 N–H and O–H groups in total. The Hall–Kier alpha value is -2.87. The SMILES string of the molecule is N/C(=N/O)c1ccc(Oc2c(Cl)cccc2[N+](=O)[O-])nc1. The number of halogens is 1. The summed E-state index contributed by atoms with van der Waals surface area (Å²) in [5.41, 5.74) is 5.49. The number of amidine groups is 1. The van der Waals surface area contributed by atoms with E-state index in [1.807, 2.05) is 0 Å². The van der Waals surface area contributed by atoms with Gasteiger partial charge in [0.05, 0.1) is 9.95 Å². The summed E-state index contributed by atoms with van der Waals surface area (Å²) < 4.78 is 5.34. The molecule has 21 heavy (non-hydrogen) atoms. The van der Waals surface area contributed by atoms with Crippen LogP contribution in [0.2, 0.25) is 5.02 Å². The Labute approximate surface area is 123 Å². The van der Waals surface area contributed by atoms with Crippen LogP contribution in [-0.4, -0.2) is 21.0 Å². The third-order valence-electron chi connectivity index (χ3n) is 2.49. The summed E-state index contributed by atoms with van der Waals surface area (Å²) >= 11 is 5.90. The third-order valence-corrected chi connectivity index (χ3v) is 2.79. The second-order valence-electron chi connectivity index (χ2n) is 3.82. The second-order valence-corrected chi connectivity index (χ2v) is 4.22. The standard InChI is InChI=1S/C12H9ClN4O4/c13-8-2-1-3-9(17(19)20)11(8)21-10-5-4-7(6-15-10)12(14)16-18/h1-6,18H,(H2,14,16). The lowest BCUT2D eigenvalue weighted by Gasteiger charge is -2.07. The van der Waals surface area contributed by atoms with Crippen LogP contribution in [0, 0.1) is 10.1 Å². The first-order chi connectivity index (χ1) is 10.0. The molecule has 0 aliphatic carbocycles. The van der Waals surface area contributed by atoms with E-state index >= 15 is 0 Å². The molecule has 0 saturated heterocycles. The largest absolute Gasteiger partial charge is 0.430 e. The van der Waals surface area contributed by atoms with Crippen molar-refractivity contribution < 1.29 is 14.9 Å². The van der Waals surface area contributed by atoms with Gasteiger partial charge in [0.2, 0.25) is 11.6 Å². The van der Waals surface area contributed by atoms with E-state index in [0.717, 1.165) is 0 Å². The Morgan fingerprint density at radius 3 is 2.76 bits per heavy atom. The van der Waals surface area contributed by atoms with Gasteiger partial charge in [0, 0.05) is 23.9 Å². The first-order valence-corrected chi connectivity index (χ1v) is 5.95. The maximum absolute atomic E-state index is 10.9. The summed E-state index contributed by atoms with van der Waals surface area (Å²) in [4.78, 5) is 14.2. The topological polar surface area (TPSA) is 124 Å². The minimum absolute atomic E-state index is 0.0840. The summed E-state index contributed by atoms with van der Waals surface area (Å²) in [7, 11) is 0. The summed E-state index contributed by atoms with van der Waals surface area (Å²) in [6.45, 7) is 0. The Morgan fingerprint density at radius 2 is 2.19 bits per heavy atom. The lowest BCUT2D eigenvalue weighted by molar-refractivity contribution is -0.385. The highest BCUT2D eigenvalue weighted by Gasteiger charge is 2.19. The number of nitro groups is 1. The van der Waals surface area contributed by atoms with Crippen molar-refractivity contribution in [2.24, 2.45) is 10.9 Å². The first-order valence-electron chi connectivity index (χ1n) is 5.57. The average molecular weight is 309 g/mol. The van der Waals surface area contributed by atoms with E-state index in [2.05, 4.69) is 10.1 Å². The quantitative estimate of drug-likeness (QED) is 0.294. The molecule has 1 aromatic heterocycles. The first kappa shape index (κ1) is 14.5. The predicted molar refractivity (Wildman–Crippen MR) is 74.9 cm³/mol. The number of pyridine rings is 1. The molecular weight excluding hydrogens is 300 g/mol. The minimum atomic E-state index is -0.605. The smallest absolute Gasteiger partial charge is 0.313 e. The van der Waals surface area contributed by atoms with Crippen LogP contribution in [-0.2, 0) is 0 Å². The number of para-hydroxylation sites is 1. The second kappa shape index (κ2) is 6.06. The number of hydrogen-bond acceptors (Lipinski definition) is 6. The summed E-state index contributed by atoms with van der Waals surface area (Å²) in [6, 6.07) is 7.09. The fraction of sp³-hybridized carbons (Fsp3) is 0. The van der Waals surface area contributed by atoms with Gasteiger partial charge in [-0.1, -0.05) is 22.8 Å². The number of benzene rings is 1. The summed E-state index contributed by atoms with van der Waals surface area (Å²) in [5, 5.41) is 22.4. The Morgan fingerprint density at radius 1 is 1.43 bits per heavy atom. The fourth-order valence-electron chi connectivity index (χ4n) is 1.50. The summed E-state index contributed by atoms with van der Waals surface area (Å²) in [5.74, 6) is -0.133. The monoisotopic (exact) mass is 308 g/mol. The molecule has 2 rings (SSSR count). The Kier molecular flexibility index (Phi) is 4.19. The van der Waals surface area contributed by atoms with Crippen LogP contribution in [0.4, 0.5) is 5.69 Å². The van der Waals surface area contributed by atoms with Crippen molar-refractivity contribution in [3.8, 4) is 11.6 Å². The molecule has 0 saturated carbocycles. The van der Waals surface area contributed by atoms with Crippen LogP contribution in [0.1, 0.15) is 5.56 Å². The number of aromatic nitrogens is 1. The van der Waals surface area contributed by atoms with Crippen LogP contribution in [0.15, 0.2) is 41.7 Å². The molecule has 0 radical (unpaired) electrons. The van der Waals surface area contributed by atoms with E-state index in [-0.39, 0.29) is 28.2 Å². The molecule has 0 amide bonds. The van der Waals surface area contributed by atoms with Crippen LogP contribution in [0.5, 0.6) is 11.6 Å². The van der Waals surface area contributed by atoms with Crippen LogP contribution in [0.25, 0.3) is 0 Å². The molecule has 2 aromatic rings. The van der Waals surface area contributed by atoms with Gasteiger partial charge < -0.3 is 15.7 Å². The predicted octanol–water partition coefficient (Wildman–Crippen LogP) is 2.53. The van der Waals surface area contributed by atoms with E-state index in [1.54, 1.807) is 0 Å². The zero-order valence-electron chi connectivity index (χ0n) is 10.4. The lowest BCUT2D eigenvalue weighted by Crippen LogP contribution is -2.13. The minimum Gasteiger partial charge on any atom is -0.430 e. The summed E-state index contributed by atoms with van der Waals surface area (Å²) in [6.07, 6.45) is 1.30. The molecule has 0 spiro atoms. The van der Waals surface area contributed by atoms with Crippen LogP contribution >= 0.6 is 11.6 Å². The van der Waals surface area contributed by atoms with Crippen LogP contribution < -0.4 is 10.5 Å². The molecule has 0 fully saturated rings. The van der Waals surface area contributed by atoms with Crippen molar-refractivity contribution >= 4 is 23.1 Å². The number of ether oxygens (including phenoxy) is 1. The molecule has 0 atom stereocenters. The highest BCUT2D eigenvalue weighted by Crippen LogP contribution is 2.37. The Balaban J connectivity index is 2.33. The molecular formula is C12H9ClN4O4. The molecule has 0 aliphatic heterocycles. The Bertz CT molecular complexity index is 703. The number of hydrogen-bond donors (Lipinski definition) is 2. The third kappa shape index (κ3) is 3.18. The number of nitrogens with two attached hydrogens (primary N) is 1. The van der Waals surface area contributed by atoms with Gasteiger partial charge in [-0.2, -0.15) is 0 Å². The van der Waals surface area contributed by atoms with Crippen molar-refractivity contribution in [3.63, 3.8) is 0 Å². The van der Waals surface area contributed by atoms with E-state index in [0.29, 0.717) is 5.56 Å². The number of nitrogens with zero attached hydrogens (tertiary/aromatic N) is 3. The molecule has 1 heterocycles. The van der Waals surface area contributed by atoms with E-state index in [4.69, 9.17) is 27.3 Å². The molecule has 0 unspecified atom stereocenters. The van der Waals surface area contributed by atoms with Crippen molar-refractivity contribution in [1.29, 1.82) is 0 Å². The van der Waals surface area contributed by atoms with Gasteiger partial charge >= 0.3 is 5.69 Å². The highest BCUT2D eigenvalue weighted by molar-refractivity contribution is 6.32. The number of nitro benzene ring substituents is 1. The lowest BCUT2D eigenvalue weighted by atomic mass is 10.2. The van der Waals surface area contributed by atoms with Gasteiger partial charge in [0.1, 0.15) is 0 Å². The number of oxime groups is 1. The maximum Gasteiger partial charge on any atom is 0.313 e. The van der Waals surface area contributed by atoms with Gasteiger partial charge in [-0.25, -0.2) is 4.98 Å². The molecule has 9 heteroatoms. The maximum atomic E-state index is 10.9. The van der Waals surface area contributed by atoms with Gasteiger partial charge in [-0.15, -0.1) is 0 Å². The van der Waals surface area contributed by atoms with Gasteiger partial charge in [-0.3, -0.25) is 10.1 Å². The molecule has 0 bridgehead atoms. The molecule has 108 valence electrons. The molecule has 0 aliphatic rings. The van der Waals surface area contributed by atoms with E-state index in [9.17, 15) is 10.1 Å². The zero-order valence-corrected chi connectivity index (χ0v) is 11.2. The van der Waals surface area contributed by atoms with Gasteiger partial charge in [0.25, 0.3) is 0 Å². The van der Waals surface area contributed by atoms with Gasteiger partial charge in [-0.05, 0) is 12.1 Å². The van der Waals surface area contributed by atoms with Gasteiger partial charge in [0.15, 0.2) is 5.84 Å². The van der Waals surface area contributed by atoms with E-state index < -0.39 is 4.92 Å². The zero-order chi connectivity index (χ0) is 15.4.